The number of halogens is 2. The molecule has 0 unspecified atom stereocenters. The second-order valence-corrected chi connectivity index (χ2v) is 5.59. The summed E-state index contributed by atoms with van der Waals surface area (Å²) in [4.78, 5) is 16.6. The highest BCUT2D eigenvalue weighted by molar-refractivity contribution is 5.77. The maximum absolute atomic E-state index is 13.9. The molecule has 2 aliphatic heterocycles. The fourth-order valence-corrected chi connectivity index (χ4v) is 2.42. The Morgan fingerprint density at radius 1 is 1.26 bits per heavy atom. The number of carbonyl (C=O) groups excluding carboxylic acids is 1. The van der Waals surface area contributed by atoms with Gasteiger partial charge in [0.05, 0.1) is 13.1 Å². The molecule has 0 aromatic heterocycles. The summed E-state index contributed by atoms with van der Waals surface area (Å²) in [5, 5.41) is 0. The normalized spacial score (nSPS) is 24.4. The molecule has 0 spiro atoms. The van der Waals surface area contributed by atoms with Crippen LogP contribution in [-0.2, 0) is 0 Å². The summed E-state index contributed by atoms with van der Waals surface area (Å²) in [6, 6.07) is -0.276. The zero-order valence-electron chi connectivity index (χ0n) is 11.5. The fraction of sp³-hybridized carbons (Fsp3) is 0.769. The summed E-state index contributed by atoms with van der Waals surface area (Å²) in [5.74, 6) is -2.86. The first-order valence-corrected chi connectivity index (χ1v) is 6.66. The summed E-state index contributed by atoms with van der Waals surface area (Å²) < 4.78 is 27.8. The summed E-state index contributed by atoms with van der Waals surface area (Å²) >= 11 is 0. The molecule has 2 saturated heterocycles. The van der Waals surface area contributed by atoms with Crippen molar-refractivity contribution >= 4 is 6.03 Å². The van der Waals surface area contributed by atoms with Crippen LogP contribution in [0.4, 0.5) is 13.6 Å². The van der Waals surface area contributed by atoms with E-state index in [0.717, 1.165) is 12.1 Å². The van der Waals surface area contributed by atoms with Gasteiger partial charge in [0.2, 0.25) is 0 Å². The first kappa shape index (κ1) is 14.2. The monoisotopic (exact) mass is 273 g/mol. The van der Waals surface area contributed by atoms with E-state index in [4.69, 9.17) is 0 Å². The van der Waals surface area contributed by atoms with Gasteiger partial charge in [0.15, 0.2) is 0 Å². The highest BCUT2D eigenvalue weighted by Crippen LogP contribution is 2.26. The quantitative estimate of drug-likeness (QED) is 0.730. The van der Waals surface area contributed by atoms with Gasteiger partial charge >= 0.3 is 6.03 Å². The first-order chi connectivity index (χ1) is 8.80. The highest BCUT2D eigenvalue weighted by atomic mass is 19.3. The Morgan fingerprint density at radius 3 is 2.42 bits per heavy atom. The minimum atomic E-state index is -2.86. The number of likely N-dealkylation sites (tertiary alicyclic amines) is 1. The Morgan fingerprint density at radius 2 is 1.95 bits per heavy atom. The van der Waals surface area contributed by atoms with Gasteiger partial charge in [0.25, 0.3) is 5.92 Å². The van der Waals surface area contributed by atoms with E-state index in [9.17, 15) is 13.6 Å². The smallest absolute Gasteiger partial charge is 0.317 e. The molecule has 0 N–H and O–H groups in total. The molecule has 0 radical (unpaired) electrons. The SMILES string of the molecule is C=C1CCN1C(=O)N1CCN(C(C)C)CC(F)(F)C1. The molecule has 108 valence electrons. The van der Waals surface area contributed by atoms with Crippen molar-refractivity contribution in [2.24, 2.45) is 0 Å². The van der Waals surface area contributed by atoms with Crippen LogP contribution < -0.4 is 0 Å². The van der Waals surface area contributed by atoms with Gasteiger partial charge in [-0.1, -0.05) is 6.58 Å². The van der Waals surface area contributed by atoms with Gasteiger partial charge in [-0.25, -0.2) is 13.6 Å². The molecule has 0 saturated carbocycles. The average Bonchev–Trinajstić information content (AvgIpc) is 2.45. The largest absolute Gasteiger partial charge is 0.324 e. The van der Waals surface area contributed by atoms with Crippen molar-refractivity contribution in [2.75, 3.05) is 32.7 Å². The standard InChI is InChI=1S/C13H21F2N3O/c1-10(2)16-6-7-17(9-13(14,15)8-16)12(19)18-5-4-11(18)3/h10H,3-9H2,1-2H3. The molecule has 2 fully saturated rings. The summed E-state index contributed by atoms with van der Waals surface area (Å²) in [5.41, 5.74) is 0.721. The second-order valence-electron chi connectivity index (χ2n) is 5.59. The van der Waals surface area contributed by atoms with E-state index < -0.39 is 12.5 Å². The van der Waals surface area contributed by atoms with Crippen LogP contribution in [0.25, 0.3) is 0 Å². The van der Waals surface area contributed by atoms with Crippen LogP contribution in [0.5, 0.6) is 0 Å². The van der Waals surface area contributed by atoms with Gasteiger partial charge in [-0.15, -0.1) is 0 Å². The Hall–Kier alpha value is -1.17. The van der Waals surface area contributed by atoms with Crippen LogP contribution in [0.3, 0.4) is 0 Å². The Balaban J connectivity index is 2.06. The third-order valence-electron chi connectivity index (χ3n) is 3.75. The number of carbonyl (C=O) groups is 1. The van der Waals surface area contributed by atoms with Gasteiger partial charge < -0.3 is 4.90 Å². The first-order valence-electron chi connectivity index (χ1n) is 6.66. The van der Waals surface area contributed by atoms with E-state index in [1.165, 1.54) is 9.80 Å². The van der Waals surface area contributed by atoms with E-state index in [0.29, 0.717) is 19.6 Å². The minimum Gasteiger partial charge on any atom is -0.317 e. The van der Waals surface area contributed by atoms with Gasteiger partial charge in [-0.3, -0.25) is 9.80 Å². The van der Waals surface area contributed by atoms with E-state index >= 15 is 0 Å². The molecule has 6 heteroatoms. The van der Waals surface area contributed by atoms with Crippen molar-refractivity contribution in [1.29, 1.82) is 0 Å². The number of rotatable bonds is 1. The van der Waals surface area contributed by atoms with Gasteiger partial charge in [0.1, 0.15) is 0 Å². The van der Waals surface area contributed by atoms with Crippen LogP contribution in [0.2, 0.25) is 0 Å². The van der Waals surface area contributed by atoms with Crippen molar-refractivity contribution in [3.8, 4) is 0 Å². The molecule has 4 nitrogen and oxygen atoms in total. The maximum Gasteiger partial charge on any atom is 0.324 e. The van der Waals surface area contributed by atoms with Crippen LogP contribution in [0, 0.1) is 0 Å². The van der Waals surface area contributed by atoms with Crippen LogP contribution >= 0.6 is 0 Å². The second kappa shape index (κ2) is 5.07. The highest BCUT2D eigenvalue weighted by Gasteiger charge is 2.41. The topological polar surface area (TPSA) is 26.8 Å². The number of hydrogen-bond donors (Lipinski definition) is 0. The van der Waals surface area contributed by atoms with Crippen LogP contribution in [0.15, 0.2) is 12.3 Å². The average molecular weight is 273 g/mol. The lowest BCUT2D eigenvalue weighted by molar-refractivity contribution is -0.0386. The molecule has 19 heavy (non-hydrogen) atoms. The number of hydrogen-bond acceptors (Lipinski definition) is 2. The third-order valence-corrected chi connectivity index (χ3v) is 3.75. The molecule has 0 aliphatic carbocycles. The lowest BCUT2D eigenvalue weighted by Gasteiger charge is -2.38. The Bertz CT molecular complexity index is 384. The molecular formula is C13H21F2N3O. The van der Waals surface area contributed by atoms with Crippen molar-refractivity contribution in [3.05, 3.63) is 12.3 Å². The van der Waals surface area contributed by atoms with Crippen LogP contribution in [-0.4, -0.2) is 65.4 Å². The summed E-state index contributed by atoms with van der Waals surface area (Å²) in [6.45, 7) is 8.17. The van der Waals surface area contributed by atoms with Crippen LogP contribution in [0.1, 0.15) is 20.3 Å². The Labute approximate surface area is 112 Å². The lowest BCUT2D eigenvalue weighted by atomic mass is 10.1. The van der Waals surface area contributed by atoms with E-state index in [2.05, 4.69) is 6.58 Å². The van der Waals surface area contributed by atoms with E-state index in [-0.39, 0.29) is 18.6 Å². The van der Waals surface area contributed by atoms with Crippen molar-refractivity contribution in [3.63, 3.8) is 0 Å². The zero-order chi connectivity index (χ0) is 14.2. The molecule has 0 atom stereocenters. The van der Waals surface area contributed by atoms with E-state index in [1.54, 1.807) is 4.90 Å². The molecule has 0 aromatic carbocycles. The third kappa shape index (κ3) is 3.05. The molecule has 0 aromatic rings. The number of nitrogens with zero attached hydrogens (tertiary/aromatic N) is 3. The predicted octanol–water partition coefficient (Wildman–Crippen LogP) is 1.99. The maximum atomic E-state index is 13.9. The fourth-order valence-electron chi connectivity index (χ4n) is 2.42. The molecule has 2 rings (SSSR count). The molecule has 0 bridgehead atoms. The number of amides is 2. The molecular weight excluding hydrogens is 252 g/mol. The predicted molar refractivity (Wildman–Crippen MR) is 69.1 cm³/mol. The summed E-state index contributed by atoms with van der Waals surface area (Å²) in [7, 11) is 0. The van der Waals surface area contributed by atoms with Gasteiger partial charge in [-0.05, 0) is 13.8 Å². The van der Waals surface area contributed by atoms with Crippen molar-refractivity contribution in [2.45, 2.75) is 32.2 Å². The zero-order valence-corrected chi connectivity index (χ0v) is 11.5. The van der Waals surface area contributed by atoms with Gasteiger partial charge in [0, 0.05) is 37.8 Å². The minimum absolute atomic E-state index is 0.0555. The molecule has 2 heterocycles. The van der Waals surface area contributed by atoms with Crippen molar-refractivity contribution in [1.82, 2.24) is 14.7 Å². The number of alkyl halides is 2. The number of urea groups is 1. The molecule has 2 amide bonds. The summed E-state index contributed by atoms with van der Waals surface area (Å²) in [6.07, 6.45) is 0.772. The van der Waals surface area contributed by atoms with E-state index in [1.807, 2.05) is 13.8 Å². The lowest BCUT2D eigenvalue weighted by Crippen LogP contribution is -2.51. The Kier molecular flexibility index (Phi) is 3.80. The van der Waals surface area contributed by atoms with Crippen molar-refractivity contribution < 1.29 is 13.6 Å². The molecule has 2 aliphatic rings. The van der Waals surface area contributed by atoms with Gasteiger partial charge in [-0.2, -0.15) is 0 Å².